The van der Waals surface area contributed by atoms with Gasteiger partial charge in [-0.1, -0.05) is 58.0 Å². The highest BCUT2D eigenvalue weighted by molar-refractivity contribution is 7.98. The molecule has 1 heterocycles. The first-order valence-corrected chi connectivity index (χ1v) is 42.9. The maximum Gasteiger partial charge on any atom is 0.325 e. The third-order valence-corrected chi connectivity index (χ3v) is 19.8. The van der Waals surface area contributed by atoms with Crippen molar-refractivity contribution in [3.8, 4) is 0 Å². The topological polar surface area (TPSA) is 837 Å². The van der Waals surface area contributed by atoms with Crippen molar-refractivity contribution in [2.45, 2.75) is 261 Å². The first-order valence-electron chi connectivity index (χ1n) is 41.5. The minimum atomic E-state index is -2.04. The van der Waals surface area contributed by atoms with Crippen LogP contribution in [0.5, 0.6) is 0 Å². The lowest BCUT2D eigenvalue weighted by Crippen LogP contribution is -2.62. The molecule has 0 saturated heterocycles. The van der Waals surface area contributed by atoms with Gasteiger partial charge >= 0.3 is 23.9 Å². The lowest BCUT2D eigenvalue weighted by Gasteiger charge is -2.29. The van der Waals surface area contributed by atoms with Gasteiger partial charge in [0, 0.05) is 51.5 Å². The van der Waals surface area contributed by atoms with E-state index in [1.807, 2.05) is 0 Å². The smallest absolute Gasteiger partial charge is 0.325 e. The van der Waals surface area contributed by atoms with Crippen molar-refractivity contribution in [1.82, 2.24) is 100 Å². The van der Waals surface area contributed by atoms with Crippen LogP contribution in [-0.4, -0.2) is 300 Å². The molecule has 35 N–H and O–H groups in total. The number of amides is 14. The van der Waals surface area contributed by atoms with Gasteiger partial charge in [0.05, 0.1) is 36.7 Å². The zero-order valence-corrected chi connectivity index (χ0v) is 74.2. The highest BCUT2D eigenvalue weighted by Gasteiger charge is 2.40. The van der Waals surface area contributed by atoms with Crippen LogP contribution in [0.15, 0.2) is 42.9 Å². The number of rotatable bonds is 62. The fraction of sp³-hybridized carbons (Fsp3) is 0.615. The normalized spacial score (nSPS) is 15.0. The number of nitrogens with two attached hydrogens (primary N) is 4. The van der Waals surface area contributed by atoms with Gasteiger partial charge in [-0.15, -0.1) is 0 Å². The summed E-state index contributed by atoms with van der Waals surface area (Å²) in [6.07, 6.45) is -4.53. The number of H-pyrrole nitrogens is 1. The molecule has 0 radical (unpaired) electrons. The summed E-state index contributed by atoms with van der Waals surface area (Å²) in [5, 5.41) is 124. The molecule has 0 aliphatic carbocycles. The number of carboxylic acid groups (broad SMARTS) is 4. The lowest BCUT2D eigenvalue weighted by molar-refractivity contribution is -0.142. The Bertz CT molecular complexity index is 4130. The largest absolute Gasteiger partial charge is 0.481 e. The third kappa shape index (κ3) is 44.8. The number of imidazole rings is 1. The summed E-state index contributed by atoms with van der Waals surface area (Å²) in [5.74, 6) is -22.9. The molecule has 0 saturated carbocycles. The van der Waals surface area contributed by atoms with Crippen LogP contribution in [-0.2, 0) is 99.1 Å². The second-order valence-electron chi connectivity index (χ2n) is 31.4. The SMILES string of the molecule is CSCC[C@H](NC(=O)[C@H](CCCNC(=N)N)NC(=O)[C@H](CCCNC(=N)N)NC(=O)[C@@H](NC(=O)[C@H](CCC(=O)O)NC(=O)[C@@H](N)CCC(=O)O)[C@@H](C)O)C(=O)N[C@@H](CC(C)C)C(=O)N[C@@H](Cc1c[nH]cn1)C(=O)N[C@@H](CCCNC(=N)N)C(=O)N[C@@H](C)C(=O)N[C@@H](Cc1ccccc1)C(=O)N[C@@H](CC(=O)O)C(=O)N[C@H](C(=O)N[C@@H](CC(C)C)C(=O)N[C@@H](C)C(=O)O)[C@@H](C)O. The van der Waals surface area contributed by atoms with Crippen molar-refractivity contribution in [3.63, 3.8) is 0 Å². The van der Waals surface area contributed by atoms with E-state index in [0.29, 0.717) is 5.56 Å². The standard InChI is InChI=1S/C78H128N26O24S/c1-37(2)30-51(68(120)92-40(6)75(127)128)102-74(126)60(42(8)106)104-72(124)55(34-58(111)112)101-70(122)53(32-43-16-11-10-12-17-43)98-61(113)39(5)91-63(115)46(18-13-26-87-76(80)81)95-71(123)54(33-44-35-86-36-90-44)100-69(121)52(31-38(3)4)99-66(118)50(25-29-129-9)96-64(116)47(19-14-27-88-77(82)83)94-65(117)48(20-15-28-89-78(84)85)97-73(125)59(41(7)105)103-67(119)49(22-24-57(109)110)93-62(114)45(79)21-23-56(107)108/h10-12,16-17,35-42,45-55,59-60,105-106H,13-15,18-34,79H2,1-9H3,(H,86,90)(H,91,115)(H,92,120)(H,93,114)(H,94,117)(H,95,123)(H,96,116)(H,97,125)(H,98,113)(H,99,118)(H,100,121)(H,101,122)(H,102,126)(H,103,119)(H,104,124)(H,107,108)(H,109,110)(H,111,112)(H,127,128)(H4,80,81,87)(H4,82,83,88)(H4,84,85,89)/t39-,40-,41+,42+,45-,46-,47-,48-,49-,50-,51-,52-,53-,54-,55-,59-,60-/m0/s1. The predicted molar refractivity (Wildman–Crippen MR) is 465 cm³/mol. The van der Waals surface area contributed by atoms with Gasteiger partial charge in [0.1, 0.15) is 84.6 Å². The second kappa shape index (κ2) is 58.3. The molecule has 0 unspecified atom stereocenters. The number of aliphatic carboxylic acids is 4. The lowest BCUT2D eigenvalue weighted by atomic mass is 10.0. The summed E-state index contributed by atoms with van der Waals surface area (Å²) < 4.78 is 0. The van der Waals surface area contributed by atoms with E-state index in [2.05, 4.69) is 100 Å². The Labute approximate surface area is 748 Å². The van der Waals surface area contributed by atoms with Crippen LogP contribution >= 0.6 is 11.8 Å². The zero-order chi connectivity index (χ0) is 97.5. The Hall–Kier alpha value is -13.1. The molecule has 0 fully saturated rings. The summed E-state index contributed by atoms with van der Waals surface area (Å²) in [7, 11) is 0. The van der Waals surface area contributed by atoms with Crippen molar-refractivity contribution in [1.29, 1.82) is 16.2 Å². The van der Waals surface area contributed by atoms with Gasteiger partial charge in [0.2, 0.25) is 82.7 Å². The van der Waals surface area contributed by atoms with E-state index in [1.54, 1.807) is 64.3 Å². The van der Waals surface area contributed by atoms with E-state index in [0.717, 1.165) is 13.8 Å². The molecule has 0 bridgehead atoms. The van der Waals surface area contributed by atoms with Crippen molar-refractivity contribution in [3.05, 3.63) is 54.1 Å². The number of hydrogen-bond donors (Lipinski definition) is 31. The fourth-order valence-corrected chi connectivity index (χ4v) is 12.8. The molecular formula is C78H128N26O24S. The van der Waals surface area contributed by atoms with Crippen LogP contribution in [0, 0.1) is 28.1 Å². The number of aromatic amines is 1. The minimum absolute atomic E-state index is 0.00821. The molecule has 2 rings (SSSR count). The van der Waals surface area contributed by atoms with Gasteiger partial charge in [-0.05, 0) is 128 Å². The van der Waals surface area contributed by atoms with Crippen LogP contribution in [0.4, 0.5) is 0 Å². The summed E-state index contributed by atoms with van der Waals surface area (Å²) in [6, 6.07) is -16.8. The number of benzene rings is 1. The minimum Gasteiger partial charge on any atom is -0.481 e. The fourth-order valence-electron chi connectivity index (χ4n) is 12.3. The Morgan fingerprint density at radius 3 is 1.15 bits per heavy atom. The number of hydrogen-bond acceptors (Lipinski definition) is 26. The molecule has 129 heavy (non-hydrogen) atoms. The number of aliphatic hydroxyl groups excluding tert-OH is 2. The van der Waals surface area contributed by atoms with Gasteiger partial charge in [-0.25, -0.2) is 4.98 Å². The molecule has 720 valence electrons. The van der Waals surface area contributed by atoms with Gasteiger partial charge < -0.3 is 149 Å². The number of thioether (sulfide) groups is 1. The Morgan fingerprint density at radius 1 is 0.395 bits per heavy atom. The van der Waals surface area contributed by atoms with E-state index in [9.17, 15) is 112 Å². The van der Waals surface area contributed by atoms with Gasteiger partial charge in [-0.2, -0.15) is 11.8 Å². The average molecular weight is 1850 g/mol. The number of guanidine groups is 3. The number of nitrogens with one attached hydrogen (secondary N) is 21. The van der Waals surface area contributed by atoms with Gasteiger partial charge in [0.15, 0.2) is 17.9 Å². The van der Waals surface area contributed by atoms with Crippen molar-refractivity contribution < 1.29 is 117 Å². The quantitative estimate of drug-likeness (QED) is 0.0166. The van der Waals surface area contributed by atoms with Crippen LogP contribution in [0.2, 0.25) is 0 Å². The molecule has 1 aromatic carbocycles. The molecule has 0 aliphatic rings. The van der Waals surface area contributed by atoms with Crippen molar-refractivity contribution in [2.24, 2.45) is 34.8 Å². The van der Waals surface area contributed by atoms with Crippen LogP contribution in [0.1, 0.15) is 157 Å². The monoisotopic (exact) mass is 1840 g/mol. The number of aliphatic hydroxyl groups is 2. The summed E-state index contributed by atoms with van der Waals surface area (Å²) in [6.45, 7) is 11.1. The van der Waals surface area contributed by atoms with E-state index in [4.69, 9.17) is 44.3 Å². The number of carbonyl (C=O) groups is 18. The molecule has 0 aliphatic heterocycles. The van der Waals surface area contributed by atoms with Crippen LogP contribution < -0.4 is 113 Å². The van der Waals surface area contributed by atoms with E-state index >= 15 is 0 Å². The average Bonchev–Trinajstić information content (AvgIpc) is 1.84. The molecule has 2 aromatic rings. The second-order valence-corrected chi connectivity index (χ2v) is 32.4. The van der Waals surface area contributed by atoms with E-state index in [-0.39, 0.29) is 108 Å². The Kier molecular flexibility index (Phi) is 50.6. The molecular weight excluding hydrogens is 1720 g/mol. The maximum absolute atomic E-state index is 14.9. The van der Waals surface area contributed by atoms with Gasteiger partial charge in [0.25, 0.3) is 0 Å². The molecule has 50 nitrogen and oxygen atoms in total. The van der Waals surface area contributed by atoms with Crippen molar-refractivity contribution >= 4 is 136 Å². The number of nitrogens with zero attached hydrogens (tertiary/aromatic N) is 1. The molecule has 14 amide bonds. The Morgan fingerprint density at radius 2 is 0.736 bits per heavy atom. The molecule has 51 heteroatoms. The Balaban J connectivity index is 2.65. The number of carbonyl (C=O) groups excluding carboxylic acids is 14. The highest BCUT2D eigenvalue weighted by atomic mass is 32.2. The van der Waals surface area contributed by atoms with Gasteiger partial charge in [-0.3, -0.25) is 103 Å². The number of aromatic nitrogens is 2. The van der Waals surface area contributed by atoms with Crippen LogP contribution in [0.3, 0.4) is 0 Å². The first-order chi connectivity index (χ1) is 60.5. The predicted octanol–water partition coefficient (Wildman–Crippen LogP) is -7.97. The highest BCUT2D eigenvalue weighted by Crippen LogP contribution is 2.16. The maximum atomic E-state index is 14.9. The first kappa shape index (κ1) is 112. The molecule has 17 atom stereocenters. The summed E-state index contributed by atoms with van der Waals surface area (Å²) in [4.78, 5) is 253. The molecule has 1 aromatic heterocycles. The number of carboxylic acids is 4. The summed E-state index contributed by atoms with van der Waals surface area (Å²) in [5.41, 5.74) is 23.0. The van der Waals surface area contributed by atoms with Crippen molar-refractivity contribution in [2.75, 3.05) is 31.6 Å². The van der Waals surface area contributed by atoms with Crippen LogP contribution in [0.25, 0.3) is 0 Å². The third-order valence-electron chi connectivity index (χ3n) is 19.2. The zero-order valence-electron chi connectivity index (χ0n) is 73.3. The summed E-state index contributed by atoms with van der Waals surface area (Å²) >= 11 is 1.25. The van der Waals surface area contributed by atoms with E-state index in [1.165, 1.54) is 38.1 Å². The molecule has 0 spiro atoms. The van der Waals surface area contributed by atoms with E-state index < -0.39 is 265 Å².